The Morgan fingerprint density at radius 2 is 2.13 bits per heavy atom. The minimum atomic E-state index is 0.0346. The van der Waals surface area contributed by atoms with E-state index in [0.717, 1.165) is 18.4 Å². The van der Waals surface area contributed by atoms with E-state index in [4.69, 9.17) is 0 Å². The van der Waals surface area contributed by atoms with Crippen LogP contribution in [0.4, 0.5) is 0 Å². The molecule has 1 saturated heterocycles. The number of Topliss-reactive ketones (excluding diaryl/α,β-unsaturated/α-hetero) is 1. The molecule has 0 amide bonds. The molecule has 1 aliphatic heterocycles. The van der Waals surface area contributed by atoms with Crippen LogP contribution in [0.2, 0.25) is 0 Å². The van der Waals surface area contributed by atoms with E-state index >= 15 is 0 Å². The van der Waals surface area contributed by atoms with E-state index in [1.807, 2.05) is 36.4 Å². The van der Waals surface area contributed by atoms with Gasteiger partial charge in [-0.15, -0.1) is 6.58 Å². The normalized spacial score (nSPS) is 23.5. The molecule has 1 aromatic carbocycles. The maximum atomic E-state index is 11.9. The molecule has 0 aliphatic carbocycles. The summed E-state index contributed by atoms with van der Waals surface area (Å²) < 4.78 is 0. The third-order valence-corrected chi connectivity index (χ3v) is 2.71. The van der Waals surface area contributed by atoms with Crippen LogP contribution in [0.3, 0.4) is 0 Å². The van der Waals surface area contributed by atoms with Gasteiger partial charge in [-0.3, -0.25) is 4.79 Å². The van der Waals surface area contributed by atoms with Crippen molar-refractivity contribution < 1.29 is 4.79 Å². The third-order valence-electron chi connectivity index (χ3n) is 2.71. The molecule has 0 spiro atoms. The average Bonchev–Trinajstić information content (AvgIpc) is 3.06. The average molecular weight is 201 g/mol. The van der Waals surface area contributed by atoms with Gasteiger partial charge in [0, 0.05) is 11.6 Å². The molecule has 1 fully saturated rings. The SMILES string of the molecule is C=CCC[C@@H]1N[C@H]1C(=O)c1ccccc1. The molecule has 0 radical (unpaired) electrons. The summed E-state index contributed by atoms with van der Waals surface area (Å²) in [5.74, 6) is 0.213. The van der Waals surface area contributed by atoms with Crippen LogP contribution in [0, 0.1) is 0 Å². The van der Waals surface area contributed by atoms with Crippen molar-refractivity contribution in [3.05, 3.63) is 48.6 Å². The summed E-state index contributed by atoms with van der Waals surface area (Å²) in [5, 5.41) is 3.20. The van der Waals surface area contributed by atoms with E-state index in [-0.39, 0.29) is 11.8 Å². The fourth-order valence-electron chi connectivity index (χ4n) is 1.76. The van der Waals surface area contributed by atoms with Gasteiger partial charge in [0.15, 0.2) is 5.78 Å². The van der Waals surface area contributed by atoms with E-state index < -0.39 is 0 Å². The van der Waals surface area contributed by atoms with E-state index in [2.05, 4.69) is 11.9 Å². The maximum absolute atomic E-state index is 11.9. The first kappa shape index (κ1) is 10.1. The van der Waals surface area contributed by atoms with Gasteiger partial charge in [-0.2, -0.15) is 0 Å². The molecule has 0 unspecified atom stereocenters. The van der Waals surface area contributed by atoms with E-state index in [1.165, 1.54) is 0 Å². The Morgan fingerprint density at radius 1 is 1.40 bits per heavy atom. The quantitative estimate of drug-likeness (QED) is 0.450. The van der Waals surface area contributed by atoms with Crippen LogP contribution in [0.1, 0.15) is 23.2 Å². The molecule has 15 heavy (non-hydrogen) atoms. The minimum Gasteiger partial charge on any atom is -0.301 e. The lowest BCUT2D eigenvalue weighted by Gasteiger charge is -1.97. The van der Waals surface area contributed by atoms with E-state index in [1.54, 1.807) is 0 Å². The smallest absolute Gasteiger partial charge is 0.181 e. The van der Waals surface area contributed by atoms with Gasteiger partial charge in [0.1, 0.15) is 0 Å². The zero-order valence-electron chi connectivity index (χ0n) is 8.65. The molecular weight excluding hydrogens is 186 g/mol. The predicted molar refractivity (Wildman–Crippen MR) is 60.9 cm³/mol. The maximum Gasteiger partial charge on any atom is 0.181 e. The van der Waals surface area contributed by atoms with Gasteiger partial charge in [0.25, 0.3) is 0 Å². The van der Waals surface area contributed by atoms with Crippen molar-refractivity contribution >= 4 is 5.78 Å². The van der Waals surface area contributed by atoms with Crippen LogP contribution in [0.25, 0.3) is 0 Å². The van der Waals surface area contributed by atoms with Crippen LogP contribution in [-0.4, -0.2) is 17.9 Å². The highest BCUT2D eigenvalue weighted by Gasteiger charge is 2.41. The lowest BCUT2D eigenvalue weighted by atomic mass is 10.0. The summed E-state index contributed by atoms with van der Waals surface area (Å²) in [5.41, 5.74) is 0.802. The van der Waals surface area contributed by atoms with Crippen molar-refractivity contribution in [1.82, 2.24) is 5.32 Å². The van der Waals surface area contributed by atoms with Crippen LogP contribution < -0.4 is 5.32 Å². The van der Waals surface area contributed by atoms with Crippen molar-refractivity contribution in [2.24, 2.45) is 0 Å². The van der Waals surface area contributed by atoms with Gasteiger partial charge in [0.2, 0.25) is 0 Å². The molecule has 0 bridgehead atoms. The Bertz CT molecular complexity index is 358. The zero-order chi connectivity index (χ0) is 10.7. The second kappa shape index (κ2) is 4.41. The number of hydrogen-bond donors (Lipinski definition) is 1. The number of ketones is 1. The molecule has 1 aromatic rings. The number of benzene rings is 1. The van der Waals surface area contributed by atoms with Gasteiger partial charge in [-0.05, 0) is 12.8 Å². The minimum absolute atomic E-state index is 0.0346. The Kier molecular flexibility index (Phi) is 2.97. The molecule has 1 aliphatic rings. The molecular formula is C13H15NO. The van der Waals surface area contributed by atoms with Gasteiger partial charge in [-0.25, -0.2) is 0 Å². The first-order valence-corrected chi connectivity index (χ1v) is 5.29. The Balaban J connectivity index is 1.92. The van der Waals surface area contributed by atoms with Crippen LogP contribution in [-0.2, 0) is 0 Å². The van der Waals surface area contributed by atoms with E-state index in [0.29, 0.717) is 6.04 Å². The van der Waals surface area contributed by atoms with E-state index in [9.17, 15) is 4.79 Å². The number of carbonyl (C=O) groups is 1. The number of nitrogens with one attached hydrogen (secondary N) is 1. The topological polar surface area (TPSA) is 39.0 Å². The second-order valence-electron chi connectivity index (χ2n) is 3.85. The zero-order valence-corrected chi connectivity index (χ0v) is 8.65. The number of allylic oxidation sites excluding steroid dienone is 1. The van der Waals surface area contributed by atoms with Gasteiger partial charge in [0.05, 0.1) is 6.04 Å². The predicted octanol–water partition coefficient (Wildman–Crippen LogP) is 2.18. The lowest BCUT2D eigenvalue weighted by molar-refractivity contribution is 0.0988. The summed E-state index contributed by atoms with van der Waals surface area (Å²) >= 11 is 0. The molecule has 0 saturated carbocycles. The number of carbonyl (C=O) groups excluding carboxylic acids is 1. The third kappa shape index (κ3) is 2.34. The second-order valence-corrected chi connectivity index (χ2v) is 3.85. The fraction of sp³-hybridized carbons (Fsp3) is 0.308. The first-order chi connectivity index (χ1) is 7.33. The van der Waals surface area contributed by atoms with Gasteiger partial charge >= 0.3 is 0 Å². The summed E-state index contributed by atoms with van der Waals surface area (Å²) in [7, 11) is 0. The van der Waals surface area contributed by atoms with Crippen LogP contribution in [0.15, 0.2) is 43.0 Å². The molecule has 78 valence electrons. The van der Waals surface area contributed by atoms with Crippen molar-refractivity contribution in [1.29, 1.82) is 0 Å². The number of rotatable bonds is 5. The lowest BCUT2D eigenvalue weighted by Crippen LogP contribution is -2.11. The summed E-state index contributed by atoms with van der Waals surface area (Å²) in [6.45, 7) is 3.68. The monoisotopic (exact) mass is 201 g/mol. The van der Waals surface area contributed by atoms with Crippen molar-refractivity contribution in [3.63, 3.8) is 0 Å². The first-order valence-electron chi connectivity index (χ1n) is 5.29. The van der Waals surface area contributed by atoms with Crippen LogP contribution >= 0.6 is 0 Å². The largest absolute Gasteiger partial charge is 0.301 e. The molecule has 2 atom stereocenters. The Morgan fingerprint density at radius 3 is 2.80 bits per heavy atom. The summed E-state index contributed by atoms with van der Waals surface area (Å²) in [6, 6.07) is 9.84. The molecule has 2 rings (SSSR count). The standard InChI is InChI=1S/C13H15NO/c1-2-3-9-11-12(14-11)13(15)10-7-5-4-6-8-10/h2,4-8,11-12,14H,1,3,9H2/t11-,12+/m0/s1. The van der Waals surface area contributed by atoms with Crippen LogP contribution in [0.5, 0.6) is 0 Å². The highest BCUT2D eigenvalue weighted by molar-refractivity contribution is 6.02. The highest BCUT2D eigenvalue weighted by Crippen LogP contribution is 2.21. The number of hydrogen-bond acceptors (Lipinski definition) is 2. The van der Waals surface area contributed by atoms with Crippen molar-refractivity contribution in [2.45, 2.75) is 24.9 Å². The molecule has 0 aromatic heterocycles. The molecule has 1 N–H and O–H groups in total. The molecule has 2 heteroatoms. The summed E-state index contributed by atoms with van der Waals surface area (Å²) in [4.78, 5) is 11.9. The van der Waals surface area contributed by atoms with Crippen molar-refractivity contribution in [2.75, 3.05) is 0 Å². The Hall–Kier alpha value is -1.41. The van der Waals surface area contributed by atoms with Gasteiger partial charge < -0.3 is 5.32 Å². The molecule has 1 heterocycles. The Labute approximate surface area is 90.0 Å². The van der Waals surface area contributed by atoms with Crippen molar-refractivity contribution in [3.8, 4) is 0 Å². The molecule has 2 nitrogen and oxygen atoms in total. The van der Waals surface area contributed by atoms with Gasteiger partial charge in [-0.1, -0.05) is 36.4 Å². The summed E-state index contributed by atoms with van der Waals surface area (Å²) in [6.07, 6.45) is 3.87. The highest BCUT2D eigenvalue weighted by atomic mass is 16.1. The fourth-order valence-corrected chi connectivity index (χ4v) is 1.76.